The Labute approximate surface area is 173 Å². The van der Waals surface area contributed by atoms with Crippen molar-refractivity contribution in [1.82, 2.24) is 4.90 Å². The summed E-state index contributed by atoms with van der Waals surface area (Å²) >= 11 is 2.34. The number of hydrogen-bond donors (Lipinski definition) is 0. The van der Waals surface area contributed by atoms with Crippen LogP contribution in [0.2, 0.25) is 0 Å². The summed E-state index contributed by atoms with van der Waals surface area (Å²) in [6.45, 7) is 3.06. The number of carbonyl (C=O) groups excluding carboxylic acids is 1. The highest BCUT2D eigenvalue weighted by molar-refractivity contribution is 14.1. The third-order valence-electron chi connectivity index (χ3n) is 4.64. The molecule has 0 aromatic heterocycles. The first-order valence-electron chi connectivity index (χ1n) is 8.86. The molecule has 0 aliphatic rings. The molecule has 27 heavy (non-hydrogen) atoms. The molecule has 0 fully saturated rings. The summed E-state index contributed by atoms with van der Waals surface area (Å²) in [5.74, 6) is -0.344. The molecule has 3 rings (SSSR count). The highest BCUT2D eigenvalue weighted by Crippen LogP contribution is 2.26. The molecule has 4 heteroatoms. The summed E-state index contributed by atoms with van der Waals surface area (Å²) in [5.41, 5.74) is 2.88. The molecule has 1 atom stereocenters. The van der Waals surface area contributed by atoms with Crippen LogP contribution in [0.4, 0.5) is 4.39 Å². The van der Waals surface area contributed by atoms with Crippen LogP contribution in [0.1, 0.15) is 34.5 Å². The second kappa shape index (κ2) is 9.24. The summed E-state index contributed by atoms with van der Waals surface area (Å²) < 4.78 is 14.3. The van der Waals surface area contributed by atoms with E-state index in [0.717, 1.165) is 5.56 Å². The SMILES string of the molecule is CC(c1ccccc1I)N(CC(=O)c1ccc(F)cc1)Cc1ccccc1. The third-order valence-corrected chi connectivity index (χ3v) is 5.63. The average Bonchev–Trinajstić information content (AvgIpc) is 2.68. The molecule has 0 N–H and O–H groups in total. The van der Waals surface area contributed by atoms with Crippen LogP contribution in [-0.4, -0.2) is 17.2 Å². The van der Waals surface area contributed by atoms with E-state index in [9.17, 15) is 9.18 Å². The molecule has 0 saturated carbocycles. The molecule has 0 saturated heterocycles. The van der Waals surface area contributed by atoms with Gasteiger partial charge in [0, 0.05) is 21.7 Å². The van der Waals surface area contributed by atoms with Crippen molar-refractivity contribution in [3.05, 3.63) is 105 Å². The van der Waals surface area contributed by atoms with Gasteiger partial charge in [0.15, 0.2) is 5.78 Å². The number of hydrogen-bond acceptors (Lipinski definition) is 2. The Kier molecular flexibility index (Phi) is 6.74. The average molecular weight is 473 g/mol. The van der Waals surface area contributed by atoms with Gasteiger partial charge in [0.2, 0.25) is 0 Å². The van der Waals surface area contributed by atoms with Gasteiger partial charge in [-0.3, -0.25) is 9.69 Å². The number of nitrogens with zero attached hydrogens (tertiary/aromatic N) is 1. The van der Waals surface area contributed by atoms with Crippen molar-refractivity contribution >= 4 is 28.4 Å². The van der Waals surface area contributed by atoms with Crippen molar-refractivity contribution in [3.8, 4) is 0 Å². The molecule has 0 bridgehead atoms. The van der Waals surface area contributed by atoms with Crippen LogP contribution in [-0.2, 0) is 6.54 Å². The van der Waals surface area contributed by atoms with Gasteiger partial charge in [-0.1, -0.05) is 48.5 Å². The Morgan fingerprint density at radius 3 is 2.26 bits per heavy atom. The molecule has 0 radical (unpaired) electrons. The molecule has 0 aliphatic carbocycles. The van der Waals surface area contributed by atoms with Crippen molar-refractivity contribution in [3.63, 3.8) is 0 Å². The summed E-state index contributed by atoms with van der Waals surface area (Å²) in [5, 5.41) is 0. The fourth-order valence-corrected chi connectivity index (χ4v) is 3.91. The standard InChI is InChI=1S/C23H21FINO/c1-17(21-9-5-6-10-22(21)25)26(15-18-7-3-2-4-8-18)16-23(27)19-11-13-20(24)14-12-19/h2-14,17H,15-16H2,1H3. The molecule has 0 spiro atoms. The molecule has 2 nitrogen and oxygen atoms in total. The fraction of sp³-hybridized carbons (Fsp3) is 0.174. The van der Waals surface area contributed by atoms with Crippen LogP contribution in [0.15, 0.2) is 78.9 Å². The van der Waals surface area contributed by atoms with Gasteiger partial charge < -0.3 is 0 Å². The van der Waals surface area contributed by atoms with Gasteiger partial charge in [-0.2, -0.15) is 0 Å². The smallest absolute Gasteiger partial charge is 0.176 e. The number of ketones is 1. The predicted octanol–water partition coefficient (Wildman–Crippen LogP) is 5.88. The van der Waals surface area contributed by atoms with Gasteiger partial charge >= 0.3 is 0 Å². The summed E-state index contributed by atoms with van der Waals surface area (Å²) in [6, 6.07) is 24.2. The molecule has 0 amide bonds. The lowest BCUT2D eigenvalue weighted by Gasteiger charge is -2.29. The van der Waals surface area contributed by atoms with Crippen molar-refractivity contribution in [2.45, 2.75) is 19.5 Å². The number of carbonyl (C=O) groups is 1. The van der Waals surface area contributed by atoms with Crippen LogP contribution in [0.5, 0.6) is 0 Å². The zero-order valence-electron chi connectivity index (χ0n) is 15.1. The second-order valence-corrected chi connectivity index (χ2v) is 7.68. The van der Waals surface area contributed by atoms with Gasteiger partial charge in [-0.25, -0.2) is 4.39 Å². The third kappa shape index (κ3) is 5.23. The highest BCUT2D eigenvalue weighted by atomic mass is 127. The molecule has 1 unspecified atom stereocenters. The lowest BCUT2D eigenvalue weighted by molar-refractivity contribution is 0.0889. The Bertz CT molecular complexity index is 896. The maximum atomic E-state index is 13.2. The minimum absolute atomic E-state index is 0.0104. The quantitative estimate of drug-likeness (QED) is 0.316. The van der Waals surface area contributed by atoms with E-state index in [1.807, 2.05) is 30.3 Å². The van der Waals surface area contributed by atoms with E-state index < -0.39 is 0 Å². The van der Waals surface area contributed by atoms with Crippen molar-refractivity contribution in [1.29, 1.82) is 0 Å². The van der Waals surface area contributed by atoms with E-state index in [1.165, 1.54) is 21.3 Å². The molecule has 0 aliphatic heterocycles. The van der Waals surface area contributed by atoms with E-state index in [4.69, 9.17) is 0 Å². The Morgan fingerprint density at radius 2 is 1.59 bits per heavy atom. The first-order valence-corrected chi connectivity index (χ1v) is 9.93. The van der Waals surface area contributed by atoms with Gasteiger partial charge in [-0.05, 0) is 71.0 Å². The van der Waals surface area contributed by atoms with Crippen LogP contribution in [0.3, 0.4) is 0 Å². The van der Waals surface area contributed by atoms with Crippen LogP contribution in [0.25, 0.3) is 0 Å². The Morgan fingerprint density at radius 1 is 0.963 bits per heavy atom. The van der Waals surface area contributed by atoms with Crippen LogP contribution < -0.4 is 0 Å². The van der Waals surface area contributed by atoms with Crippen molar-refractivity contribution in [2.75, 3.05) is 6.54 Å². The fourth-order valence-electron chi connectivity index (χ4n) is 3.07. The van der Waals surface area contributed by atoms with E-state index in [-0.39, 0.29) is 24.2 Å². The van der Waals surface area contributed by atoms with E-state index in [0.29, 0.717) is 12.1 Å². The first kappa shape index (κ1) is 19.7. The molecular weight excluding hydrogens is 452 g/mol. The first-order chi connectivity index (χ1) is 13.0. The van der Waals surface area contributed by atoms with Crippen LogP contribution in [0, 0.1) is 9.39 Å². The molecule has 3 aromatic carbocycles. The second-order valence-electron chi connectivity index (χ2n) is 6.52. The normalized spacial score (nSPS) is 12.1. The number of halogens is 2. The lowest BCUT2D eigenvalue weighted by atomic mass is 10.0. The summed E-state index contributed by atoms with van der Waals surface area (Å²) in [6.07, 6.45) is 0. The minimum atomic E-state index is -0.333. The topological polar surface area (TPSA) is 20.3 Å². The van der Waals surface area contributed by atoms with Crippen LogP contribution >= 0.6 is 22.6 Å². The van der Waals surface area contributed by atoms with Crippen molar-refractivity contribution < 1.29 is 9.18 Å². The molecule has 0 heterocycles. The molecule has 138 valence electrons. The summed E-state index contributed by atoms with van der Waals surface area (Å²) in [4.78, 5) is 15.0. The van der Waals surface area contributed by atoms with Gasteiger partial charge in [0.05, 0.1) is 6.54 Å². The van der Waals surface area contributed by atoms with Gasteiger partial charge in [0.1, 0.15) is 5.82 Å². The highest BCUT2D eigenvalue weighted by Gasteiger charge is 2.21. The van der Waals surface area contributed by atoms with E-state index in [1.54, 1.807) is 12.1 Å². The number of benzene rings is 3. The number of Topliss-reactive ketones (excluding diaryl/α,β-unsaturated/α-hetero) is 1. The van der Waals surface area contributed by atoms with Gasteiger partial charge in [0.25, 0.3) is 0 Å². The molecular formula is C23H21FINO. The zero-order valence-corrected chi connectivity index (χ0v) is 17.3. The maximum absolute atomic E-state index is 13.2. The van der Waals surface area contributed by atoms with E-state index >= 15 is 0 Å². The number of rotatable bonds is 7. The zero-order chi connectivity index (χ0) is 19.2. The van der Waals surface area contributed by atoms with Gasteiger partial charge in [-0.15, -0.1) is 0 Å². The minimum Gasteiger partial charge on any atom is -0.293 e. The lowest BCUT2D eigenvalue weighted by Crippen LogP contribution is -2.32. The van der Waals surface area contributed by atoms with E-state index in [2.05, 4.69) is 58.7 Å². The molecule has 3 aromatic rings. The monoisotopic (exact) mass is 473 g/mol. The largest absolute Gasteiger partial charge is 0.293 e. The summed E-state index contributed by atoms with van der Waals surface area (Å²) in [7, 11) is 0. The Balaban J connectivity index is 1.86. The predicted molar refractivity (Wildman–Crippen MR) is 115 cm³/mol. The Hall–Kier alpha value is -2.05. The maximum Gasteiger partial charge on any atom is 0.176 e. The van der Waals surface area contributed by atoms with Crippen molar-refractivity contribution in [2.24, 2.45) is 0 Å².